The average molecular weight is 233 g/mol. The number of nitrogens with one attached hydrogen (secondary N) is 1. The third kappa shape index (κ3) is 4.49. The van der Waals surface area contributed by atoms with Gasteiger partial charge in [-0.25, -0.2) is 0 Å². The average Bonchev–Trinajstić information content (AvgIpc) is 2.39. The highest BCUT2D eigenvalue weighted by atomic mass is 16.3. The predicted octanol–water partition coefficient (Wildman–Crippen LogP) is 2.51. The molecule has 1 aromatic carbocycles. The smallest absolute Gasteiger partial charge is 0.0704 e. The topological polar surface area (TPSA) is 32.3 Å². The molecule has 0 amide bonds. The third-order valence-corrected chi connectivity index (χ3v) is 3.56. The summed E-state index contributed by atoms with van der Waals surface area (Å²) in [7, 11) is 0. The molecule has 1 atom stereocenters. The zero-order chi connectivity index (χ0) is 11.9. The second-order valence-electron chi connectivity index (χ2n) is 5.09. The Bertz CT molecular complexity index is 306. The summed E-state index contributed by atoms with van der Waals surface area (Å²) in [6.07, 6.45) is 7.10. The van der Waals surface area contributed by atoms with Crippen LogP contribution in [0.2, 0.25) is 0 Å². The van der Waals surface area contributed by atoms with E-state index < -0.39 is 0 Å². The van der Waals surface area contributed by atoms with Crippen molar-refractivity contribution in [3.63, 3.8) is 0 Å². The fourth-order valence-electron chi connectivity index (χ4n) is 2.57. The van der Waals surface area contributed by atoms with E-state index in [0.29, 0.717) is 6.04 Å². The molecule has 0 bridgehead atoms. The third-order valence-electron chi connectivity index (χ3n) is 3.56. The van der Waals surface area contributed by atoms with E-state index in [1.54, 1.807) is 0 Å². The molecule has 0 saturated heterocycles. The second kappa shape index (κ2) is 6.77. The molecule has 1 fully saturated rings. The fourth-order valence-corrected chi connectivity index (χ4v) is 2.57. The van der Waals surface area contributed by atoms with Crippen molar-refractivity contribution in [1.82, 2.24) is 5.32 Å². The maximum Gasteiger partial charge on any atom is 0.0704 e. The molecular formula is C15H23NO. The van der Waals surface area contributed by atoms with Crippen LogP contribution in [0.5, 0.6) is 0 Å². The Morgan fingerprint density at radius 2 is 1.82 bits per heavy atom. The quantitative estimate of drug-likeness (QED) is 0.819. The maximum atomic E-state index is 9.97. The van der Waals surface area contributed by atoms with E-state index in [2.05, 4.69) is 17.4 Å². The summed E-state index contributed by atoms with van der Waals surface area (Å²) >= 11 is 0. The Hall–Kier alpha value is -0.860. The van der Waals surface area contributed by atoms with E-state index >= 15 is 0 Å². The van der Waals surface area contributed by atoms with Crippen molar-refractivity contribution in [3.05, 3.63) is 35.9 Å². The summed E-state index contributed by atoms with van der Waals surface area (Å²) in [5.41, 5.74) is 1.21. The molecule has 0 radical (unpaired) electrons. The molecule has 2 rings (SSSR count). The minimum Gasteiger partial charge on any atom is -0.391 e. The van der Waals surface area contributed by atoms with Crippen molar-refractivity contribution in [1.29, 1.82) is 0 Å². The molecule has 1 saturated carbocycles. The highest BCUT2D eigenvalue weighted by Gasteiger charge is 2.14. The standard InChI is InChI=1S/C15H23NO/c17-15(11-13-7-3-1-4-8-13)12-16-14-9-5-2-6-10-14/h1,3-4,7-8,14-17H,2,5-6,9-12H2. The Kier molecular flexibility index (Phi) is 5.02. The van der Waals surface area contributed by atoms with Crippen LogP contribution in [0.3, 0.4) is 0 Å². The van der Waals surface area contributed by atoms with Crippen LogP contribution in [-0.4, -0.2) is 23.8 Å². The van der Waals surface area contributed by atoms with Crippen molar-refractivity contribution in [3.8, 4) is 0 Å². The van der Waals surface area contributed by atoms with Crippen molar-refractivity contribution < 1.29 is 5.11 Å². The molecule has 1 unspecified atom stereocenters. The van der Waals surface area contributed by atoms with Crippen LogP contribution in [0.4, 0.5) is 0 Å². The first-order chi connectivity index (χ1) is 8.34. The normalized spacial score (nSPS) is 19.1. The van der Waals surface area contributed by atoms with E-state index in [4.69, 9.17) is 0 Å². The van der Waals surface area contributed by atoms with Crippen molar-refractivity contribution in [2.75, 3.05) is 6.54 Å². The summed E-state index contributed by atoms with van der Waals surface area (Å²) < 4.78 is 0. The van der Waals surface area contributed by atoms with E-state index in [9.17, 15) is 5.11 Å². The van der Waals surface area contributed by atoms with E-state index in [1.807, 2.05) is 18.2 Å². The van der Waals surface area contributed by atoms with Crippen LogP contribution in [-0.2, 0) is 6.42 Å². The predicted molar refractivity (Wildman–Crippen MR) is 71.0 cm³/mol. The molecule has 1 aromatic rings. The number of aliphatic hydroxyl groups excluding tert-OH is 1. The van der Waals surface area contributed by atoms with Gasteiger partial charge >= 0.3 is 0 Å². The van der Waals surface area contributed by atoms with Crippen LogP contribution < -0.4 is 5.32 Å². The van der Waals surface area contributed by atoms with Gasteiger partial charge in [0.25, 0.3) is 0 Å². The number of rotatable bonds is 5. The second-order valence-corrected chi connectivity index (χ2v) is 5.09. The lowest BCUT2D eigenvalue weighted by molar-refractivity contribution is 0.163. The van der Waals surface area contributed by atoms with Gasteiger partial charge in [0.05, 0.1) is 6.10 Å². The maximum absolute atomic E-state index is 9.97. The van der Waals surface area contributed by atoms with Crippen molar-refractivity contribution >= 4 is 0 Å². The SMILES string of the molecule is OC(CNC1CCCCC1)Cc1ccccc1. The van der Waals surface area contributed by atoms with Crippen molar-refractivity contribution in [2.45, 2.75) is 50.7 Å². The van der Waals surface area contributed by atoms with Crippen molar-refractivity contribution in [2.24, 2.45) is 0 Å². The summed E-state index contributed by atoms with van der Waals surface area (Å²) in [6.45, 7) is 0.722. The molecule has 94 valence electrons. The fraction of sp³-hybridized carbons (Fsp3) is 0.600. The first-order valence-electron chi connectivity index (χ1n) is 6.80. The monoisotopic (exact) mass is 233 g/mol. The lowest BCUT2D eigenvalue weighted by atomic mass is 9.95. The summed E-state index contributed by atoms with van der Waals surface area (Å²) in [5.74, 6) is 0. The number of aliphatic hydroxyl groups is 1. The zero-order valence-electron chi connectivity index (χ0n) is 10.4. The molecule has 1 aliphatic rings. The van der Waals surface area contributed by atoms with Gasteiger partial charge in [0.15, 0.2) is 0 Å². The Morgan fingerprint density at radius 1 is 1.12 bits per heavy atom. The Balaban J connectivity index is 1.68. The van der Waals surface area contributed by atoms with Crippen LogP contribution in [0.1, 0.15) is 37.7 Å². The minimum atomic E-state index is -0.265. The Labute approximate surface area is 104 Å². The molecule has 0 aliphatic heterocycles. The largest absolute Gasteiger partial charge is 0.391 e. The molecule has 0 aromatic heterocycles. The molecule has 0 heterocycles. The molecule has 1 aliphatic carbocycles. The Morgan fingerprint density at radius 3 is 2.53 bits per heavy atom. The van der Waals surface area contributed by atoms with Gasteiger partial charge in [0.1, 0.15) is 0 Å². The highest BCUT2D eigenvalue weighted by molar-refractivity contribution is 5.15. The minimum absolute atomic E-state index is 0.265. The van der Waals surface area contributed by atoms with Gasteiger partial charge in [-0.05, 0) is 24.8 Å². The van der Waals surface area contributed by atoms with E-state index in [-0.39, 0.29) is 6.10 Å². The van der Waals surface area contributed by atoms with Gasteiger partial charge in [-0.3, -0.25) is 0 Å². The zero-order valence-corrected chi connectivity index (χ0v) is 10.4. The van der Waals surface area contributed by atoms with Gasteiger partial charge in [-0.15, -0.1) is 0 Å². The number of hydrogen-bond donors (Lipinski definition) is 2. The van der Waals surface area contributed by atoms with Crippen LogP contribution in [0.25, 0.3) is 0 Å². The lowest BCUT2D eigenvalue weighted by Crippen LogP contribution is -2.37. The molecule has 0 spiro atoms. The highest BCUT2D eigenvalue weighted by Crippen LogP contribution is 2.17. The van der Waals surface area contributed by atoms with Crippen LogP contribution in [0, 0.1) is 0 Å². The molecule has 2 heteroatoms. The summed E-state index contributed by atoms with van der Waals surface area (Å²) in [6, 6.07) is 10.8. The van der Waals surface area contributed by atoms with Gasteiger partial charge in [-0.1, -0.05) is 49.6 Å². The summed E-state index contributed by atoms with van der Waals surface area (Å²) in [4.78, 5) is 0. The molecule has 17 heavy (non-hydrogen) atoms. The van der Waals surface area contributed by atoms with Gasteiger partial charge < -0.3 is 10.4 Å². The summed E-state index contributed by atoms with van der Waals surface area (Å²) in [5, 5.41) is 13.5. The van der Waals surface area contributed by atoms with E-state index in [0.717, 1.165) is 13.0 Å². The van der Waals surface area contributed by atoms with Crippen LogP contribution >= 0.6 is 0 Å². The van der Waals surface area contributed by atoms with E-state index in [1.165, 1.54) is 37.7 Å². The molecule has 2 nitrogen and oxygen atoms in total. The number of hydrogen-bond acceptors (Lipinski definition) is 2. The van der Waals surface area contributed by atoms with Gasteiger partial charge in [0, 0.05) is 12.6 Å². The first-order valence-corrected chi connectivity index (χ1v) is 6.80. The van der Waals surface area contributed by atoms with Gasteiger partial charge in [-0.2, -0.15) is 0 Å². The van der Waals surface area contributed by atoms with Crippen LogP contribution in [0.15, 0.2) is 30.3 Å². The molecular weight excluding hydrogens is 210 g/mol. The lowest BCUT2D eigenvalue weighted by Gasteiger charge is -2.24. The number of benzene rings is 1. The first kappa shape index (κ1) is 12.6. The molecule has 2 N–H and O–H groups in total. The van der Waals surface area contributed by atoms with Gasteiger partial charge in [0.2, 0.25) is 0 Å².